The fourth-order valence-corrected chi connectivity index (χ4v) is 3.43. The Balaban J connectivity index is 1.89. The fraction of sp³-hybridized carbons (Fsp3) is 0.571. The molecule has 0 amide bonds. The molecule has 0 bridgehead atoms. The van der Waals surface area contributed by atoms with Gasteiger partial charge < -0.3 is 10.0 Å². The summed E-state index contributed by atoms with van der Waals surface area (Å²) in [6.07, 6.45) is 3.61. The second-order valence-electron chi connectivity index (χ2n) is 5.42. The van der Waals surface area contributed by atoms with E-state index in [2.05, 4.69) is 0 Å². The molecule has 1 aliphatic carbocycles. The summed E-state index contributed by atoms with van der Waals surface area (Å²) in [5, 5.41) is 8.93. The highest BCUT2D eigenvalue weighted by molar-refractivity contribution is 5.52. The number of rotatable bonds is 2. The van der Waals surface area contributed by atoms with E-state index in [1.165, 1.54) is 31.4 Å². The van der Waals surface area contributed by atoms with Crippen LogP contribution in [0.3, 0.4) is 0 Å². The van der Waals surface area contributed by atoms with Gasteiger partial charge in [0.05, 0.1) is 6.61 Å². The van der Waals surface area contributed by atoms with Gasteiger partial charge in [0.15, 0.2) is 0 Å². The van der Waals surface area contributed by atoms with Crippen molar-refractivity contribution in [3.63, 3.8) is 0 Å². The monoisotopic (exact) mass is 253 g/mol. The van der Waals surface area contributed by atoms with Crippen LogP contribution < -0.4 is 4.90 Å². The molecule has 2 atom stereocenters. The van der Waals surface area contributed by atoms with Crippen LogP contribution in [-0.4, -0.2) is 18.2 Å². The molecule has 18 heavy (non-hydrogen) atoms. The summed E-state index contributed by atoms with van der Waals surface area (Å²) < 4.78 is 27.9. The number of aliphatic hydroxyl groups is 1. The molecule has 2 fully saturated rings. The molecular weight excluding hydrogens is 236 g/mol. The highest BCUT2D eigenvalue weighted by Gasteiger charge is 2.37. The van der Waals surface area contributed by atoms with Crippen LogP contribution in [0.5, 0.6) is 0 Å². The van der Waals surface area contributed by atoms with Gasteiger partial charge in [0.25, 0.3) is 0 Å². The predicted molar refractivity (Wildman–Crippen MR) is 65.3 cm³/mol. The molecule has 3 rings (SSSR count). The number of fused-ring (bicyclic) bond motifs is 1. The number of hydrogen-bond donors (Lipinski definition) is 1. The number of aliphatic hydroxyl groups excluding tert-OH is 1. The zero-order chi connectivity index (χ0) is 12.7. The summed E-state index contributed by atoms with van der Waals surface area (Å²) in [6, 6.07) is 2.46. The SMILES string of the molecule is OCc1cc(F)c(N2CC3CCCC3C2)c(F)c1. The van der Waals surface area contributed by atoms with Crippen LogP contribution in [0.2, 0.25) is 0 Å². The molecule has 1 aliphatic heterocycles. The van der Waals surface area contributed by atoms with Crippen molar-refractivity contribution in [1.29, 1.82) is 0 Å². The lowest BCUT2D eigenvalue weighted by atomic mass is 10.0. The van der Waals surface area contributed by atoms with Crippen LogP contribution in [0.4, 0.5) is 14.5 Å². The Bertz CT molecular complexity index is 428. The first-order valence-electron chi connectivity index (χ1n) is 6.52. The number of nitrogens with zero attached hydrogens (tertiary/aromatic N) is 1. The van der Waals surface area contributed by atoms with E-state index in [1.807, 2.05) is 4.90 Å². The van der Waals surface area contributed by atoms with Gasteiger partial charge in [-0.05, 0) is 42.4 Å². The third-order valence-corrected chi connectivity index (χ3v) is 4.30. The van der Waals surface area contributed by atoms with Crippen molar-refractivity contribution >= 4 is 5.69 Å². The summed E-state index contributed by atoms with van der Waals surface area (Å²) >= 11 is 0. The largest absolute Gasteiger partial charge is 0.392 e. The van der Waals surface area contributed by atoms with Crippen LogP contribution in [0, 0.1) is 23.5 Å². The van der Waals surface area contributed by atoms with Crippen molar-refractivity contribution in [1.82, 2.24) is 0 Å². The van der Waals surface area contributed by atoms with Crippen molar-refractivity contribution in [2.24, 2.45) is 11.8 Å². The Morgan fingerprint density at radius 3 is 2.17 bits per heavy atom. The zero-order valence-corrected chi connectivity index (χ0v) is 10.2. The molecule has 1 saturated carbocycles. The van der Waals surface area contributed by atoms with E-state index in [9.17, 15) is 8.78 Å². The summed E-state index contributed by atoms with van der Waals surface area (Å²) in [6.45, 7) is 1.19. The van der Waals surface area contributed by atoms with Crippen molar-refractivity contribution in [2.45, 2.75) is 25.9 Å². The number of anilines is 1. The Kier molecular flexibility index (Phi) is 2.98. The Morgan fingerprint density at radius 2 is 1.67 bits per heavy atom. The third-order valence-electron chi connectivity index (χ3n) is 4.30. The van der Waals surface area contributed by atoms with E-state index < -0.39 is 11.6 Å². The summed E-state index contributed by atoms with van der Waals surface area (Å²) in [5.74, 6) is 0.0840. The van der Waals surface area contributed by atoms with E-state index in [0.717, 1.165) is 13.1 Å². The molecule has 2 aliphatic rings. The third kappa shape index (κ3) is 1.88. The maximum Gasteiger partial charge on any atom is 0.149 e. The molecule has 0 spiro atoms. The Hall–Kier alpha value is -1.16. The van der Waals surface area contributed by atoms with Crippen LogP contribution in [0.25, 0.3) is 0 Å². The van der Waals surface area contributed by atoms with Crippen LogP contribution in [0.15, 0.2) is 12.1 Å². The summed E-state index contributed by atoms with van der Waals surface area (Å²) in [7, 11) is 0. The summed E-state index contributed by atoms with van der Waals surface area (Å²) in [4.78, 5) is 1.83. The molecule has 1 N–H and O–H groups in total. The zero-order valence-electron chi connectivity index (χ0n) is 10.2. The highest BCUT2D eigenvalue weighted by atomic mass is 19.1. The molecule has 4 heteroatoms. The molecular formula is C14H17F2NO. The summed E-state index contributed by atoms with van der Waals surface area (Å²) in [5.41, 5.74) is 0.370. The van der Waals surface area contributed by atoms with Gasteiger partial charge in [0, 0.05) is 13.1 Å². The molecule has 98 valence electrons. The maximum atomic E-state index is 13.9. The quantitative estimate of drug-likeness (QED) is 0.876. The normalized spacial score (nSPS) is 26.7. The second kappa shape index (κ2) is 4.50. The first-order valence-corrected chi connectivity index (χ1v) is 6.52. The molecule has 0 radical (unpaired) electrons. The highest BCUT2D eigenvalue weighted by Crippen LogP contribution is 2.40. The van der Waals surface area contributed by atoms with E-state index in [-0.39, 0.29) is 17.9 Å². The van der Waals surface area contributed by atoms with E-state index in [4.69, 9.17) is 5.11 Å². The molecule has 1 heterocycles. The van der Waals surface area contributed by atoms with Crippen molar-refractivity contribution in [3.05, 3.63) is 29.3 Å². The number of hydrogen-bond acceptors (Lipinski definition) is 2. The van der Waals surface area contributed by atoms with Crippen molar-refractivity contribution in [3.8, 4) is 0 Å². The average molecular weight is 253 g/mol. The topological polar surface area (TPSA) is 23.5 Å². The lowest BCUT2D eigenvalue weighted by Gasteiger charge is -2.21. The van der Waals surface area contributed by atoms with E-state index in [0.29, 0.717) is 11.8 Å². The number of halogens is 2. The molecule has 2 unspecified atom stereocenters. The predicted octanol–water partition coefficient (Wildman–Crippen LogP) is 2.69. The minimum absolute atomic E-state index is 0.0848. The minimum atomic E-state index is -0.556. The van der Waals surface area contributed by atoms with Gasteiger partial charge in [-0.2, -0.15) is 0 Å². The van der Waals surface area contributed by atoms with Gasteiger partial charge in [-0.25, -0.2) is 8.78 Å². The van der Waals surface area contributed by atoms with Crippen molar-refractivity contribution in [2.75, 3.05) is 18.0 Å². The molecule has 0 aromatic heterocycles. The first-order chi connectivity index (χ1) is 8.69. The molecule has 2 nitrogen and oxygen atoms in total. The molecule has 1 aromatic rings. The van der Waals surface area contributed by atoms with Gasteiger partial charge in [-0.3, -0.25) is 0 Å². The van der Waals surface area contributed by atoms with Gasteiger partial charge in [0.1, 0.15) is 17.3 Å². The average Bonchev–Trinajstić information content (AvgIpc) is 2.88. The molecule has 1 aromatic carbocycles. The van der Waals surface area contributed by atoms with Crippen LogP contribution in [0.1, 0.15) is 24.8 Å². The Labute approximate surface area is 105 Å². The van der Waals surface area contributed by atoms with Gasteiger partial charge in [-0.1, -0.05) is 6.42 Å². The fourth-order valence-electron chi connectivity index (χ4n) is 3.43. The second-order valence-corrected chi connectivity index (χ2v) is 5.42. The molecule has 1 saturated heterocycles. The lowest BCUT2D eigenvalue weighted by Crippen LogP contribution is -2.23. The minimum Gasteiger partial charge on any atom is -0.392 e. The van der Waals surface area contributed by atoms with Crippen LogP contribution >= 0.6 is 0 Å². The standard InChI is InChI=1S/C14H17F2NO/c15-12-4-9(8-18)5-13(16)14(12)17-6-10-2-1-3-11(10)7-17/h4-5,10-11,18H,1-3,6-8H2. The van der Waals surface area contributed by atoms with E-state index >= 15 is 0 Å². The Morgan fingerprint density at radius 1 is 1.11 bits per heavy atom. The van der Waals surface area contributed by atoms with Crippen LogP contribution in [-0.2, 0) is 6.61 Å². The smallest absolute Gasteiger partial charge is 0.149 e. The van der Waals surface area contributed by atoms with Gasteiger partial charge in [-0.15, -0.1) is 0 Å². The lowest BCUT2D eigenvalue weighted by molar-refractivity contribution is 0.280. The van der Waals surface area contributed by atoms with Crippen molar-refractivity contribution < 1.29 is 13.9 Å². The van der Waals surface area contributed by atoms with Gasteiger partial charge in [0.2, 0.25) is 0 Å². The van der Waals surface area contributed by atoms with E-state index in [1.54, 1.807) is 0 Å². The number of benzene rings is 1. The maximum absolute atomic E-state index is 13.9. The first kappa shape index (κ1) is 11.9. The van der Waals surface area contributed by atoms with Gasteiger partial charge >= 0.3 is 0 Å².